The Morgan fingerprint density at radius 1 is 1.29 bits per heavy atom. The van der Waals surface area contributed by atoms with Crippen LogP contribution >= 0.6 is 23.2 Å². The summed E-state index contributed by atoms with van der Waals surface area (Å²) >= 11 is 11.8. The molecule has 0 fully saturated rings. The number of aromatic carboxylic acids is 1. The molecule has 0 bridgehead atoms. The fourth-order valence-electron chi connectivity index (χ4n) is 1.91. The maximum Gasteiger partial charge on any atom is 0.335 e. The summed E-state index contributed by atoms with van der Waals surface area (Å²) in [5.74, 6) is -0.600. The zero-order valence-corrected chi connectivity index (χ0v) is 14.9. The summed E-state index contributed by atoms with van der Waals surface area (Å²) in [5, 5.41) is 13.1. The Hall–Kier alpha value is -1.82. The minimum atomic E-state index is -0.935. The number of ether oxygens (including phenoxy) is 1. The lowest BCUT2D eigenvalue weighted by atomic mass is 10.1. The van der Waals surface area contributed by atoms with E-state index < -0.39 is 5.97 Å². The van der Waals surface area contributed by atoms with Crippen molar-refractivity contribution in [2.24, 2.45) is 0 Å². The van der Waals surface area contributed by atoms with Crippen molar-refractivity contribution in [2.75, 3.05) is 6.61 Å². The molecule has 0 unspecified atom stereocenters. The third kappa shape index (κ3) is 5.37. The fourth-order valence-corrected chi connectivity index (χ4v) is 2.35. The van der Waals surface area contributed by atoms with E-state index in [2.05, 4.69) is 10.3 Å². The van der Waals surface area contributed by atoms with Gasteiger partial charge in [0.25, 0.3) is 0 Å². The van der Waals surface area contributed by atoms with Gasteiger partial charge in [-0.25, -0.2) is 9.78 Å². The highest BCUT2D eigenvalue weighted by Gasteiger charge is 2.19. The molecule has 1 aromatic heterocycles. The molecule has 24 heavy (non-hydrogen) atoms. The second-order valence-corrected chi connectivity index (χ2v) is 6.81. The average Bonchev–Trinajstić information content (AvgIpc) is 2.52. The van der Waals surface area contributed by atoms with Crippen molar-refractivity contribution < 1.29 is 14.6 Å². The normalized spacial score (nSPS) is 11.3. The van der Waals surface area contributed by atoms with Gasteiger partial charge >= 0.3 is 5.97 Å². The monoisotopic (exact) mass is 368 g/mol. The van der Waals surface area contributed by atoms with Crippen LogP contribution in [0.15, 0.2) is 36.5 Å². The van der Waals surface area contributed by atoms with Crippen LogP contribution in [0, 0.1) is 0 Å². The largest absolute Gasteiger partial charge is 0.478 e. The molecule has 7 heteroatoms. The van der Waals surface area contributed by atoms with E-state index in [0.717, 1.165) is 5.56 Å². The number of carboxylic acid groups (broad SMARTS) is 1. The third-order valence-corrected chi connectivity index (χ3v) is 3.79. The number of carbonyl (C=O) groups is 1. The van der Waals surface area contributed by atoms with Gasteiger partial charge in [0.05, 0.1) is 10.6 Å². The number of pyridine rings is 1. The van der Waals surface area contributed by atoms with E-state index in [1.165, 1.54) is 6.20 Å². The molecule has 2 aromatic rings. The molecule has 2 N–H and O–H groups in total. The van der Waals surface area contributed by atoms with E-state index in [1.807, 2.05) is 13.8 Å². The number of rotatable bonds is 7. The molecule has 0 atom stereocenters. The van der Waals surface area contributed by atoms with Crippen molar-refractivity contribution in [1.82, 2.24) is 10.3 Å². The van der Waals surface area contributed by atoms with Crippen LogP contribution in [0.1, 0.15) is 29.8 Å². The predicted octanol–water partition coefficient (Wildman–Crippen LogP) is 4.03. The Morgan fingerprint density at radius 2 is 1.96 bits per heavy atom. The number of aromatic nitrogens is 1. The van der Waals surface area contributed by atoms with Crippen LogP contribution in [0.3, 0.4) is 0 Å². The van der Waals surface area contributed by atoms with Crippen molar-refractivity contribution >= 4 is 29.2 Å². The van der Waals surface area contributed by atoms with Crippen LogP contribution in [0.2, 0.25) is 10.0 Å². The van der Waals surface area contributed by atoms with E-state index in [0.29, 0.717) is 29.1 Å². The van der Waals surface area contributed by atoms with Crippen LogP contribution in [-0.4, -0.2) is 28.2 Å². The number of nitrogens with zero attached hydrogens (tertiary/aromatic N) is 1. The van der Waals surface area contributed by atoms with Gasteiger partial charge in [0.2, 0.25) is 5.88 Å². The molecule has 128 valence electrons. The number of benzene rings is 1. The summed E-state index contributed by atoms with van der Waals surface area (Å²) in [5.41, 5.74) is 0.913. The molecular formula is C17H18Cl2N2O3. The molecule has 0 amide bonds. The highest BCUT2D eigenvalue weighted by Crippen LogP contribution is 2.25. The first-order chi connectivity index (χ1) is 11.3. The zero-order chi connectivity index (χ0) is 17.7. The highest BCUT2D eigenvalue weighted by atomic mass is 35.5. The van der Waals surface area contributed by atoms with Crippen LogP contribution in [0.4, 0.5) is 0 Å². The summed E-state index contributed by atoms with van der Waals surface area (Å²) in [6, 6.07) is 8.31. The van der Waals surface area contributed by atoms with Crippen molar-refractivity contribution in [3.05, 3.63) is 57.7 Å². The quantitative estimate of drug-likeness (QED) is 0.771. The third-order valence-electron chi connectivity index (χ3n) is 3.32. The molecule has 1 aromatic carbocycles. The standard InChI is InChI=1S/C17H18Cl2N2O3/c1-17(2,10-24-15-14(19)7-13(18)9-20-15)21-8-11-3-5-12(6-4-11)16(22)23/h3-7,9,21H,8,10H2,1-2H3,(H,22,23). The summed E-state index contributed by atoms with van der Waals surface area (Å²) < 4.78 is 5.65. The number of carboxylic acids is 1. The second kappa shape index (κ2) is 7.83. The van der Waals surface area contributed by atoms with Gasteiger partial charge in [0.1, 0.15) is 11.6 Å². The second-order valence-electron chi connectivity index (χ2n) is 5.97. The minimum absolute atomic E-state index is 0.268. The lowest BCUT2D eigenvalue weighted by Crippen LogP contribution is -2.44. The first-order valence-corrected chi connectivity index (χ1v) is 8.03. The number of hydrogen-bond acceptors (Lipinski definition) is 4. The molecule has 5 nitrogen and oxygen atoms in total. The van der Waals surface area contributed by atoms with E-state index in [1.54, 1.807) is 30.3 Å². The molecule has 0 aliphatic heterocycles. The molecular weight excluding hydrogens is 351 g/mol. The Labute approximate surface area is 150 Å². The minimum Gasteiger partial charge on any atom is -0.478 e. The average molecular weight is 369 g/mol. The summed E-state index contributed by atoms with van der Waals surface area (Å²) in [7, 11) is 0. The van der Waals surface area contributed by atoms with E-state index in [4.69, 9.17) is 33.0 Å². The SMILES string of the molecule is CC(C)(COc1ncc(Cl)cc1Cl)NCc1ccc(C(=O)O)cc1. The Bertz CT molecular complexity index is 718. The predicted molar refractivity (Wildman–Crippen MR) is 94.1 cm³/mol. The number of hydrogen-bond donors (Lipinski definition) is 2. The summed E-state index contributed by atoms with van der Waals surface area (Å²) in [4.78, 5) is 14.9. The van der Waals surface area contributed by atoms with Gasteiger partial charge in [-0.15, -0.1) is 0 Å². The highest BCUT2D eigenvalue weighted by molar-refractivity contribution is 6.35. The molecule has 0 saturated carbocycles. The molecule has 0 aliphatic carbocycles. The van der Waals surface area contributed by atoms with Crippen LogP contribution in [0.5, 0.6) is 5.88 Å². The van der Waals surface area contributed by atoms with Crippen molar-refractivity contribution in [2.45, 2.75) is 25.9 Å². The topological polar surface area (TPSA) is 71.5 Å². The lowest BCUT2D eigenvalue weighted by Gasteiger charge is -2.26. The van der Waals surface area contributed by atoms with Crippen LogP contribution < -0.4 is 10.1 Å². The van der Waals surface area contributed by atoms with Gasteiger partial charge in [-0.05, 0) is 37.6 Å². The van der Waals surface area contributed by atoms with Crippen LogP contribution in [-0.2, 0) is 6.54 Å². The fraction of sp³-hybridized carbons (Fsp3) is 0.294. The van der Waals surface area contributed by atoms with Crippen LogP contribution in [0.25, 0.3) is 0 Å². The Kier molecular flexibility index (Phi) is 6.04. The Balaban J connectivity index is 1.89. The van der Waals surface area contributed by atoms with E-state index in [-0.39, 0.29) is 11.1 Å². The zero-order valence-electron chi connectivity index (χ0n) is 13.3. The Morgan fingerprint density at radius 3 is 2.54 bits per heavy atom. The summed E-state index contributed by atoms with van der Waals surface area (Å²) in [6.07, 6.45) is 1.48. The van der Waals surface area contributed by atoms with Gasteiger partial charge in [-0.1, -0.05) is 35.3 Å². The molecule has 0 radical (unpaired) electrons. The number of halogens is 2. The van der Waals surface area contributed by atoms with E-state index >= 15 is 0 Å². The van der Waals surface area contributed by atoms with Crippen molar-refractivity contribution in [3.63, 3.8) is 0 Å². The molecule has 2 rings (SSSR count). The maximum atomic E-state index is 10.8. The smallest absolute Gasteiger partial charge is 0.335 e. The van der Waals surface area contributed by atoms with Gasteiger partial charge in [0.15, 0.2) is 0 Å². The molecule has 0 spiro atoms. The maximum absolute atomic E-state index is 10.8. The molecule has 0 aliphatic rings. The lowest BCUT2D eigenvalue weighted by molar-refractivity contribution is 0.0697. The molecule has 1 heterocycles. The number of nitrogens with one attached hydrogen (secondary N) is 1. The summed E-state index contributed by atoms with van der Waals surface area (Å²) in [6.45, 7) is 4.91. The molecule has 0 saturated heterocycles. The van der Waals surface area contributed by atoms with Gasteiger partial charge < -0.3 is 15.2 Å². The first kappa shape index (κ1) is 18.5. The van der Waals surface area contributed by atoms with E-state index in [9.17, 15) is 4.79 Å². The van der Waals surface area contributed by atoms with Crippen molar-refractivity contribution in [1.29, 1.82) is 0 Å². The van der Waals surface area contributed by atoms with Gasteiger partial charge in [-0.3, -0.25) is 0 Å². The van der Waals surface area contributed by atoms with Crippen molar-refractivity contribution in [3.8, 4) is 5.88 Å². The van der Waals surface area contributed by atoms with Gasteiger partial charge in [-0.2, -0.15) is 0 Å². The van der Waals surface area contributed by atoms with Gasteiger partial charge in [0, 0.05) is 18.3 Å². The first-order valence-electron chi connectivity index (χ1n) is 7.28.